The van der Waals surface area contributed by atoms with Crippen LogP contribution >= 0.6 is 23.1 Å². The fourth-order valence-electron chi connectivity index (χ4n) is 3.17. The zero-order valence-electron chi connectivity index (χ0n) is 16.0. The third-order valence-electron chi connectivity index (χ3n) is 4.73. The van der Waals surface area contributed by atoms with Crippen LogP contribution in [0.5, 0.6) is 5.75 Å². The summed E-state index contributed by atoms with van der Waals surface area (Å²) < 4.78 is 5.77. The molecule has 0 bridgehead atoms. The number of ether oxygens (including phenoxy) is 1. The molecule has 2 aromatic carbocycles. The number of aromatic nitrogens is 1. The van der Waals surface area contributed by atoms with Crippen molar-refractivity contribution in [1.29, 1.82) is 0 Å². The molecule has 1 aliphatic rings. The molecule has 0 aliphatic carbocycles. The minimum absolute atomic E-state index is 0.134. The molecule has 1 saturated heterocycles. The molecule has 1 amide bonds. The van der Waals surface area contributed by atoms with Crippen LogP contribution in [0.2, 0.25) is 0 Å². The second-order valence-electron chi connectivity index (χ2n) is 6.80. The van der Waals surface area contributed by atoms with E-state index in [9.17, 15) is 4.79 Å². The summed E-state index contributed by atoms with van der Waals surface area (Å²) in [5, 5.41) is 5.03. The number of hydrogen-bond donors (Lipinski definition) is 1. The van der Waals surface area contributed by atoms with Crippen LogP contribution in [0.3, 0.4) is 0 Å². The van der Waals surface area contributed by atoms with Crippen LogP contribution in [-0.4, -0.2) is 40.4 Å². The average molecular weight is 426 g/mol. The molecule has 0 saturated carbocycles. The molecule has 0 atom stereocenters. The van der Waals surface area contributed by atoms with Crippen molar-refractivity contribution in [2.24, 2.45) is 0 Å². The second kappa shape index (κ2) is 9.91. The van der Waals surface area contributed by atoms with Crippen molar-refractivity contribution in [3.05, 3.63) is 76.2 Å². The highest BCUT2D eigenvalue weighted by atomic mass is 32.2. The smallest absolute Gasteiger partial charge is 0.255 e. The van der Waals surface area contributed by atoms with Crippen molar-refractivity contribution in [2.75, 3.05) is 29.9 Å². The topological polar surface area (TPSA) is 54.5 Å². The highest BCUT2D eigenvalue weighted by Gasteiger charge is 2.14. The number of hydrogen-bond acceptors (Lipinski definition) is 6. The molecule has 7 heteroatoms. The van der Waals surface area contributed by atoms with Gasteiger partial charge in [0.15, 0.2) is 0 Å². The lowest BCUT2D eigenvalue weighted by molar-refractivity contribution is 0.102. The van der Waals surface area contributed by atoms with E-state index in [-0.39, 0.29) is 5.91 Å². The predicted molar refractivity (Wildman–Crippen MR) is 120 cm³/mol. The SMILES string of the molecule is O=C(Nc1ccccc1CN1CCSCC1)c1cccc(OCc2cscn2)c1. The summed E-state index contributed by atoms with van der Waals surface area (Å²) in [7, 11) is 0. The Labute approximate surface area is 179 Å². The largest absolute Gasteiger partial charge is 0.487 e. The number of amides is 1. The van der Waals surface area contributed by atoms with Crippen LogP contribution in [0, 0.1) is 0 Å². The number of thiazole rings is 1. The van der Waals surface area contributed by atoms with Gasteiger partial charge >= 0.3 is 0 Å². The molecule has 0 radical (unpaired) electrons. The Morgan fingerprint density at radius 1 is 1.14 bits per heavy atom. The quantitative estimate of drug-likeness (QED) is 0.603. The molecule has 1 fully saturated rings. The van der Waals surface area contributed by atoms with Gasteiger partial charge in [-0.15, -0.1) is 11.3 Å². The molecule has 1 aliphatic heterocycles. The van der Waals surface area contributed by atoms with E-state index in [4.69, 9.17) is 4.74 Å². The number of carbonyl (C=O) groups is 1. The fraction of sp³-hybridized carbons (Fsp3) is 0.273. The fourth-order valence-corrected chi connectivity index (χ4v) is 4.69. The van der Waals surface area contributed by atoms with Gasteiger partial charge in [-0.25, -0.2) is 4.98 Å². The first-order valence-corrected chi connectivity index (χ1v) is 11.7. The molecule has 3 aromatic rings. The van der Waals surface area contributed by atoms with Crippen LogP contribution in [0.15, 0.2) is 59.4 Å². The number of nitrogens with one attached hydrogen (secondary N) is 1. The Bertz CT molecular complexity index is 941. The zero-order chi connectivity index (χ0) is 19.9. The lowest BCUT2D eigenvalue weighted by atomic mass is 10.1. The maximum Gasteiger partial charge on any atom is 0.255 e. The third kappa shape index (κ3) is 5.59. The van der Waals surface area contributed by atoms with Gasteiger partial charge in [-0.1, -0.05) is 24.3 Å². The molecule has 1 aromatic heterocycles. The van der Waals surface area contributed by atoms with Gasteiger partial charge in [0.1, 0.15) is 12.4 Å². The minimum Gasteiger partial charge on any atom is -0.487 e. The van der Waals surface area contributed by atoms with Crippen LogP contribution in [-0.2, 0) is 13.2 Å². The Morgan fingerprint density at radius 3 is 2.83 bits per heavy atom. The number of rotatable bonds is 7. The van der Waals surface area contributed by atoms with E-state index in [1.165, 1.54) is 22.8 Å². The van der Waals surface area contributed by atoms with Crippen molar-refractivity contribution in [3.8, 4) is 5.75 Å². The zero-order valence-corrected chi connectivity index (χ0v) is 17.7. The van der Waals surface area contributed by atoms with E-state index in [1.54, 1.807) is 17.6 Å². The minimum atomic E-state index is -0.134. The Morgan fingerprint density at radius 2 is 2.00 bits per heavy atom. The van der Waals surface area contributed by atoms with Crippen LogP contribution in [0.1, 0.15) is 21.6 Å². The van der Waals surface area contributed by atoms with Crippen LogP contribution < -0.4 is 10.1 Å². The monoisotopic (exact) mass is 425 g/mol. The van der Waals surface area contributed by atoms with Gasteiger partial charge in [0.05, 0.1) is 11.2 Å². The average Bonchev–Trinajstić information content (AvgIpc) is 3.28. The van der Waals surface area contributed by atoms with E-state index in [0.29, 0.717) is 17.9 Å². The van der Waals surface area contributed by atoms with Gasteiger partial charge in [-0.3, -0.25) is 9.69 Å². The van der Waals surface area contributed by atoms with Crippen molar-refractivity contribution >= 4 is 34.7 Å². The number of thioether (sulfide) groups is 1. The molecule has 0 unspecified atom stereocenters. The van der Waals surface area contributed by atoms with Crippen molar-refractivity contribution in [1.82, 2.24) is 9.88 Å². The highest BCUT2D eigenvalue weighted by molar-refractivity contribution is 7.99. The van der Waals surface area contributed by atoms with Gasteiger partial charge in [0, 0.05) is 47.8 Å². The van der Waals surface area contributed by atoms with Gasteiger partial charge in [-0.2, -0.15) is 11.8 Å². The summed E-state index contributed by atoms with van der Waals surface area (Å²) in [5.74, 6) is 2.86. The second-order valence-corrected chi connectivity index (χ2v) is 8.74. The first-order chi connectivity index (χ1) is 14.3. The molecule has 29 heavy (non-hydrogen) atoms. The van der Waals surface area contributed by atoms with Gasteiger partial charge in [-0.05, 0) is 29.8 Å². The number of anilines is 1. The summed E-state index contributed by atoms with van der Waals surface area (Å²) in [5.41, 5.74) is 5.25. The number of carbonyl (C=O) groups excluding carboxylic acids is 1. The standard InChI is InChI=1S/C22H23N3O2S2/c26-22(17-5-3-6-20(12-17)27-14-19-15-29-16-23-19)24-21-7-2-1-4-18(21)13-25-8-10-28-11-9-25/h1-7,12,15-16H,8-11,13-14H2,(H,24,26). The lowest BCUT2D eigenvalue weighted by Crippen LogP contribution is -2.32. The third-order valence-corrected chi connectivity index (χ3v) is 6.31. The van der Waals surface area contributed by atoms with E-state index in [2.05, 4.69) is 21.3 Å². The van der Waals surface area contributed by atoms with E-state index >= 15 is 0 Å². The van der Waals surface area contributed by atoms with Gasteiger partial charge in [0.2, 0.25) is 0 Å². The molecule has 150 valence electrons. The van der Waals surface area contributed by atoms with Crippen molar-refractivity contribution in [3.63, 3.8) is 0 Å². The summed E-state index contributed by atoms with van der Waals surface area (Å²) in [6, 6.07) is 15.3. The molecule has 1 N–H and O–H groups in total. The normalized spacial score (nSPS) is 14.5. The van der Waals surface area contributed by atoms with E-state index in [0.717, 1.165) is 36.6 Å². The molecule has 2 heterocycles. The highest BCUT2D eigenvalue weighted by Crippen LogP contribution is 2.21. The molecular weight excluding hydrogens is 402 g/mol. The van der Waals surface area contributed by atoms with Crippen molar-refractivity contribution in [2.45, 2.75) is 13.2 Å². The first kappa shape index (κ1) is 19.9. The molecular formula is C22H23N3O2S2. The Kier molecular flexibility index (Phi) is 6.82. The summed E-state index contributed by atoms with van der Waals surface area (Å²) in [6.07, 6.45) is 0. The summed E-state index contributed by atoms with van der Waals surface area (Å²) >= 11 is 3.54. The maximum absolute atomic E-state index is 12.8. The van der Waals surface area contributed by atoms with Gasteiger partial charge in [0.25, 0.3) is 5.91 Å². The lowest BCUT2D eigenvalue weighted by Gasteiger charge is -2.27. The molecule has 5 nitrogen and oxygen atoms in total. The number of benzene rings is 2. The molecule has 0 spiro atoms. The van der Waals surface area contributed by atoms with E-state index < -0.39 is 0 Å². The first-order valence-electron chi connectivity index (χ1n) is 9.57. The maximum atomic E-state index is 12.8. The van der Waals surface area contributed by atoms with E-state index in [1.807, 2.05) is 47.5 Å². The van der Waals surface area contributed by atoms with Crippen LogP contribution in [0.4, 0.5) is 5.69 Å². The molecule has 4 rings (SSSR count). The Hall–Kier alpha value is -2.35. The number of nitrogens with zero attached hydrogens (tertiary/aromatic N) is 2. The predicted octanol–water partition coefficient (Wildman–Crippen LogP) is 4.52. The van der Waals surface area contributed by atoms with Crippen molar-refractivity contribution < 1.29 is 9.53 Å². The summed E-state index contributed by atoms with van der Waals surface area (Å²) in [4.78, 5) is 19.5. The van der Waals surface area contributed by atoms with Gasteiger partial charge < -0.3 is 10.1 Å². The summed E-state index contributed by atoms with van der Waals surface area (Å²) in [6.45, 7) is 3.43. The number of para-hydroxylation sites is 1. The Balaban J connectivity index is 1.42. The van der Waals surface area contributed by atoms with Crippen LogP contribution in [0.25, 0.3) is 0 Å².